The van der Waals surface area contributed by atoms with Crippen LogP contribution in [-0.2, 0) is 4.79 Å². The monoisotopic (exact) mass is 340 g/mol. The Kier molecular flexibility index (Phi) is 7.12. The lowest BCUT2D eigenvalue weighted by molar-refractivity contribution is -0.127. The van der Waals surface area contributed by atoms with Crippen LogP contribution in [0.1, 0.15) is 37.9 Å². The van der Waals surface area contributed by atoms with Gasteiger partial charge in [0.1, 0.15) is 0 Å². The predicted octanol–water partition coefficient (Wildman–Crippen LogP) is 2.59. The molecule has 1 saturated heterocycles. The summed E-state index contributed by atoms with van der Waals surface area (Å²) in [7, 11) is 0. The van der Waals surface area contributed by atoms with E-state index < -0.39 is 12.5 Å². The number of likely N-dealkylation sites (tertiary alicyclic amines) is 1. The van der Waals surface area contributed by atoms with Gasteiger partial charge in [0.15, 0.2) is 0 Å². The number of hydrogen-bond donors (Lipinski definition) is 2. The van der Waals surface area contributed by atoms with Crippen LogP contribution in [-0.4, -0.2) is 48.0 Å². The normalized spacial score (nSPS) is 19.2. The van der Waals surface area contributed by atoms with E-state index in [1.807, 2.05) is 37.3 Å². The van der Waals surface area contributed by atoms with Gasteiger partial charge in [-0.1, -0.05) is 30.3 Å². The number of carbonyl (C=O) groups is 1. The van der Waals surface area contributed by atoms with Crippen molar-refractivity contribution in [1.29, 1.82) is 0 Å². The molecule has 1 amide bonds. The van der Waals surface area contributed by atoms with Gasteiger partial charge in [0.05, 0.1) is 12.6 Å². The number of nitrogens with one attached hydrogen (secondary N) is 1. The Morgan fingerprint density at radius 2 is 1.92 bits per heavy atom. The Morgan fingerprint density at radius 1 is 1.29 bits per heavy atom. The first kappa shape index (κ1) is 18.8. The number of rotatable bonds is 7. The molecule has 0 aliphatic carbocycles. The number of aliphatic hydroxyl groups is 1. The summed E-state index contributed by atoms with van der Waals surface area (Å²) in [5.41, 5.74) is 0.832. The Morgan fingerprint density at radius 3 is 2.50 bits per heavy atom. The minimum absolute atomic E-state index is 0.0422. The second-order valence-corrected chi connectivity index (χ2v) is 6.54. The summed E-state index contributed by atoms with van der Waals surface area (Å²) in [6.45, 7) is 2.72. The summed E-state index contributed by atoms with van der Waals surface area (Å²) in [4.78, 5) is 14.0. The highest BCUT2D eigenvalue weighted by molar-refractivity contribution is 5.79. The number of nitrogens with zero attached hydrogens (tertiary/aromatic N) is 1. The van der Waals surface area contributed by atoms with Crippen LogP contribution in [0.4, 0.5) is 8.78 Å². The molecule has 1 aromatic carbocycles. The van der Waals surface area contributed by atoms with E-state index in [9.17, 15) is 18.7 Å². The van der Waals surface area contributed by atoms with Gasteiger partial charge in [-0.15, -0.1) is 0 Å². The van der Waals surface area contributed by atoms with Gasteiger partial charge in [0, 0.05) is 12.0 Å². The Balaban J connectivity index is 1.74. The van der Waals surface area contributed by atoms with Crippen molar-refractivity contribution >= 4 is 5.91 Å². The SMILES string of the molecule is CC(CC(O)c1ccccc1)NC(=O)C1CCN(CC(F)F)CC1. The molecule has 0 spiro atoms. The molecule has 0 saturated carbocycles. The first-order valence-corrected chi connectivity index (χ1v) is 8.49. The second kappa shape index (κ2) is 9.08. The fourth-order valence-electron chi connectivity index (χ4n) is 3.14. The number of alkyl halides is 2. The van der Waals surface area contributed by atoms with Gasteiger partial charge in [-0.05, 0) is 44.8 Å². The number of piperidine rings is 1. The lowest BCUT2D eigenvalue weighted by atomic mass is 9.95. The van der Waals surface area contributed by atoms with Crippen LogP contribution in [0, 0.1) is 5.92 Å². The van der Waals surface area contributed by atoms with Crippen LogP contribution in [0.3, 0.4) is 0 Å². The van der Waals surface area contributed by atoms with Gasteiger partial charge < -0.3 is 10.4 Å². The van der Waals surface area contributed by atoms with Crippen LogP contribution in [0.15, 0.2) is 30.3 Å². The molecule has 2 unspecified atom stereocenters. The molecular weight excluding hydrogens is 314 g/mol. The van der Waals surface area contributed by atoms with Gasteiger partial charge in [-0.3, -0.25) is 9.69 Å². The maximum absolute atomic E-state index is 12.4. The molecule has 1 heterocycles. The molecule has 6 heteroatoms. The van der Waals surface area contributed by atoms with Gasteiger partial charge in [0.25, 0.3) is 6.43 Å². The van der Waals surface area contributed by atoms with E-state index in [0.717, 1.165) is 5.56 Å². The third kappa shape index (κ3) is 5.83. The highest BCUT2D eigenvalue weighted by Gasteiger charge is 2.27. The summed E-state index contributed by atoms with van der Waals surface area (Å²) < 4.78 is 24.7. The van der Waals surface area contributed by atoms with E-state index in [2.05, 4.69) is 5.32 Å². The first-order valence-electron chi connectivity index (χ1n) is 8.49. The van der Waals surface area contributed by atoms with Crippen LogP contribution < -0.4 is 5.32 Å². The number of benzene rings is 1. The number of aliphatic hydroxyl groups excluding tert-OH is 1. The van der Waals surface area contributed by atoms with Gasteiger partial charge in [-0.25, -0.2) is 8.78 Å². The zero-order chi connectivity index (χ0) is 17.5. The summed E-state index contributed by atoms with van der Waals surface area (Å²) in [5.74, 6) is -0.172. The van der Waals surface area contributed by atoms with Crippen LogP contribution in [0.2, 0.25) is 0 Å². The minimum atomic E-state index is -2.32. The largest absolute Gasteiger partial charge is 0.388 e. The minimum Gasteiger partial charge on any atom is -0.388 e. The fraction of sp³-hybridized carbons (Fsp3) is 0.611. The number of halogens is 2. The standard InChI is InChI=1S/C18H26F2N2O2/c1-13(11-16(23)14-5-3-2-4-6-14)21-18(24)15-7-9-22(10-8-15)12-17(19)20/h2-6,13,15-17,23H,7-12H2,1H3,(H,21,24). The van der Waals surface area contributed by atoms with Crippen molar-refractivity contribution in [3.05, 3.63) is 35.9 Å². The topological polar surface area (TPSA) is 52.6 Å². The third-order valence-corrected chi connectivity index (χ3v) is 4.50. The third-order valence-electron chi connectivity index (χ3n) is 4.50. The van der Waals surface area contributed by atoms with E-state index in [-0.39, 0.29) is 24.4 Å². The van der Waals surface area contributed by atoms with Crippen molar-refractivity contribution in [2.75, 3.05) is 19.6 Å². The maximum Gasteiger partial charge on any atom is 0.251 e. The first-order chi connectivity index (χ1) is 11.5. The zero-order valence-electron chi connectivity index (χ0n) is 14.0. The van der Waals surface area contributed by atoms with E-state index >= 15 is 0 Å². The van der Waals surface area contributed by atoms with Crippen molar-refractivity contribution in [1.82, 2.24) is 10.2 Å². The zero-order valence-corrected chi connectivity index (χ0v) is 14.0. The summed E-state index contributed by atoms with van der Waals surface area (Å²) in [5, 5.41) is 13.1. The van der Waals surface area contributed by atoms with Crippen LogP contribution >= 0.6 is 0 Å². The van der Waals surface area contributed by atoms with Gasteiger partial charge in [-0.2, -0.15) is 0 Å². The molecular formula is C18H26F2N2O2. The second-order valence-electron chi connectivity index (χ2n) is 6.54. The van der Waals surface area contributed by atoms with Crippen molar-refractivity contribution < 1.29 is 18.7 Å². The van der Waals surface area contributed by atoms with Gasteiger partial charge >= 0.3 is 0 Å². The maximum atomic E-state index is 12.4. The summed E-state index contributed by atoms with van der Waals surface area (Å²) in [6, 6.07) is 9.20. The average Bonchev–Trinajstić information content (AvgIpc) is 2.55. The molecule has 0 radical (unpaired) electrons. The quantitative estimate of drug-likeness (QED) is 0.802. The number of amides is 1. The lowest BCUT2D eigenvalue weighted by Crippen LogP contribution is -2.44. The van der Waals surface area contributed by atoms with Crippen molar-refractivity contribution in [2.45, 2.75) is 44.8 Å². The summed E-state index contributed by atoms with van der Waals surface area (Å²) in [6.07, 6.45) is -1.29. The molecule has 2 rings (SSSR count). The van der Waals surface area contributed by atoms with E-state index in [0.29, 0.717) is 32.4 Å². The number of carbonyl (C=O) groups excluding carboxylic acids is 1. The Bertz CT molecular complexity index is 505. The van der Waals surface area contributed by atoms with Crippen molar-refractivity contribution in [3.8, 4) is 0 Å². The summed E-state index contributed by atoms with van der Waals surface area (Å²) >= 11 is 0. The smallest absolute Gasteiger partial charge is 0.251 e. The molecule has 1 aliphatic heterocycles. The molecule has 24 heavy (non-hydrogen) atoms. The van der Waals surface area contributed by atoms with Crippen LogP contribution in [0.5, 0.6) is 0 Å². The molecule has 4 nitrogen and oxygen atoms in total. The molecule has 0 aromatic heterocycles. The molecule has 1 aliphatic rings. The molecule has 2 N–H and O–H groups in total. The van der Waals surface area contributed by atoms with Crippen LogP contribution in [0.25, 0.3) is 0 Å². The number of hydrogen-bond acceptors (Lipinski definition) is 3. The molecule has 2 atom stereocenters. The van der Waals surface area contributed by atoms with E-state index in [1.165, 1.54) is 0 Å². The molecule has 1 aromatic rings. The Hall–Kier alpha value is -1.53. The average molecular weight is 340 g/mol. The van der Waals surface area contributed by atoms with E-state index in [4.69, 9.17) is 0 Å². The molecule has 0 bridgehead atoms. The van der Waals surface area contributed by atoms with E-state index in [1.54, 1.807) is 4.90 Å². The molecule has 1 fully saturated rings. The Labute approximate surface area is 141 Å². The predicted molar refractivity (Wildman–Crippen MR) is 88.8 cm³/mol. The fourth-order valence-corrected chi connectivity index (χ4v) is 3.14. The lowest BCUT2D eigenvalue weighted by Gasteiger charge is -2.31. The van der Waals surface area contributed by atoms with Crippen molar-refractivity contribution in [3.63, 3.8) is 0 Å². The highest BCUT2D eigenvalue weighted by Crippen LogP contribution is 2.20. The van der Waals surface area contributed by atoms with Crippen molar-refractivity contribution in [2.24, 2.45) is 5.92 Å². The van der Waals surface area contributed by atoms with Gasteiger partial charge in [0.2, 0.25) is 5.91 Å². The molecule has 134 valence electrons. The highest BCUT2D eigenvalue weighted by atomic mass is 19.3.